The normalized spacial score (nSPS) is 24.4. The van der Waals surface area contributed by atoms with Crippen molar-refractivity contribution in [1.82, 2.24) is 4.90 Å². The van der Waals surface area contributed by atoms with Crippen LogP contribution in [0, 0.1) is 5.92 Å². The Morgan fingerprint density at radius 1 is 1.53 bits per heavy atom. The Bertz CT molecular complexity index is 322. The molecule has 0 radical (unpaired) electrons. The predicted octanol–water partition coefficient (Wildman–Crippen LogP) is 2.38. The van der Waals surface area contributed by atoms with Crippen molar-refractivity contribution >= 4 is 6.09 Å². The molecule has 0 unspecified atom stereocenters. The number of carbonyl (C=O) groups is 1. The average molecular weight is 273 g/mol. The number of carbonyl (C=O) groups excluding carboxylic acids is 1. The fourth-order valence-corrected chi connectivity index (χ4v) is 2.28. The molecule has 0 aromatic heterocycles. The highest BCUT2D eigenvalue weighted by molar-refractivity contribution is 5.69. The monoisotopic (exact) mass is 273 g/mol. The molecule has 1 aliphatic heterocycles. The minimum absolute atomic E-state index is 0.0491. The van der Waals surface area contributed by atoms with Crippen LogP contribution < -0.4 is 0 Å². The summed E-state index contributed by atoms with van der Waals surface area (Å²) >= 11 is 0. The van der Waals surface area contributed by atoms with Crippen molar-refractivity contribution in [3.63, 3.8) is 0 Å². The van der Waals surface area contributed by atoms with Gasteiger partial charge in [-0.2, -0.15) is 0 Å². The van der Waals surface area contributed by atoms with E-state index in [2.05, 4.69) is 0 Å². The first-order chi connectivity index (χ1) is 8.57. The van der Waals surface area contributed by atoms with E-state index >= 15 is 0 Å². The first-order valence-corrected chi connectivity index (χ1v) is 6.84. The molecule has 1 N–H and O–H groups in total. The van der Waals surface area contributed by atoms with Gasteiger partial charge in [0.25, 0.3) is 0 Å². The quantitative estimate of drug-likeness (QED) is 0.857. The predicted molar refractivity (Wildman–Crippen MR) is 72.8 cm³/mol. The maximum absolute atomic E-state index is 12.3. The lowest BCUT2D eigenvalue weighted by Gasteiger charge is -2.35. The van der Waals surface area contributed by atoms with Crippen molar-refractivity contribution in [2.75, 3.05) is 13.2 Å². The Kier molecular flexibility index (Phi) is 4.85. The van der Waals surface area contributed by atoms with Crippen LogP contribution in [0.3, 0.4) is 0 Å². The summed E-state index contributed by atoms with van der Waals surface area (Å²) in [5.74, 6) is 0.132. The second-order valence-electron chi connectivity index (χ2n) is 6.79. The molecule has 0 spiro atoms. The van der Waals surface area contributed by atoms with Gasteiger partial charge in [-0.05, 0) is 47.0 Å². The summed E-state index contributed by atoms with van der Waals surface area (Å²) in [5, 5.41) is 9.16. The Hall–Kier alpha value is -0.810. The third kappa shape index (κ3) is 4.35. The Balaban J connectivity index is 2.81. The summed E-state index contributed by atoms with van der Waals surface area (Å²) in [6.45, 7) is 11.8. The minimum atomic E-state index is -0.665. The van der Waals surface area contributed by atoms with E-state index in [-0.39, 0.29) is 24.7 Å². The van der Waals surface area contributed by atoms with Crippen molar-refractivity contribution < 1.29 is 19.4 Å². The van der Waals surface area contributed by atoms with Gasteiger partial charge in [-0.1, -0.05) is 6.92 Å². The second-order valence-corrected chi connectivity index (χ2v) is 6.79. The molecule has 112 valence electrons. The van der Waals surface area contributed by atoms with Crippen LogP contribution in [-0.4, -0.2) is 46.7 Å². The number of aliphatic hydroxyl groups excluding tert-OH is 1. The average Bonchev–Trinajstić information content (AvgIpc) is 2.51. The lowest BCUT2D eigenvalue weighted by atomic mass is 10.0. The summed E-state index contributed by atoms with van der Waals surface area (Å²) in [5.41, 5.74) is -1.19. The summed E-state index contributed by atoms with van der Waals surface area (Å²) < 4.78 is 11.1. The van der Waals surface area contributed by atoms with Crippen LogP contribution in [0.15, 0.2) is 0 Å². The molecule has 19 heavy (non-hydrogen) atoms. The van der Waals surface area contributed by atoms with Crippen molar-refractivity contribution in [3.05, 3.63) is 0 Å². The van der Waals surface area contributed by atoms with Gasteiger partial charge >= 0.3 is 6.09 Å². The zero-order valence-corrected chi connectivity index (χ0v) is 12.9. The molecule has 5 nitrogen and oxygen atoms in total. The molecule has 0 aliphatic carbocycles. The molecule has 1 amide bonds. The fourth-order valence-electron chi connectivity index (χ4n) is 2.28. The van der Waals surface area contributed by atoms with Crippen LogP contribution in [0.2, 0.25) is 0 Å². The number of nitrogens with zero attached hydrogens (tertiary/aromatic N) is 1. The maximum atomic E-state index is 12.3. The van der Waals surface area contributed by atoms with Crippen molar-refractivity contribution in [2.24, 2.45) is 5.92 Å². The number of amides is 1. The van der Waals surface area contributed by atoms with Gasteiger partial charge in [-0.15, -0.1) is 0 Å². The van der Waals surface area contributed by atoms with Crippen molar-refractivity contribution in [2.45, 2.75) is 65.3 Å². The van der Waals surface area contributed by atoms with Crippen LogP contribution in [-0.2, 0) is 9.47 Å². The van der Waals surface area contributed by atoms with E-state index in [1.165, 1.54) is 0 Å². The zero-order chi connectivity index (χ0) is 14.8. The highest BCUT2D eigenvalue weighted by atomic mass is 16.6. The zero-order valence-electron chi connectivity index (χ0n) is 12.9. The standard InChI is InChI=1S/C14H27NO4/c1-10(8-16)7-11-9-18-14(5,6)15(11)12(17)19-13(2,3)4/h10-11,16H,7-9H2,1-6H3/t10-,11+/m1/s1. The van der Waals surface area contributed by atoms with Gasteiger partial charge in [-0.3, -0.25) is 4.90 Å². The highest BCUT2D eigenvalue weighted by Gasteiger charge is 2.45. The van der Waals surface area contributed by atoms with Crippen molar-refractivity contribution in [1.29, 1.82) is 0 Å². The molecule has 2 atom stereocenters. The molecule has 1 fully saturated rings. The smallest absolute Gasteiger partial charge is 0.412 e. The molecule has 0 bridgehead atoms. The lowest BCUT2D eigenvalue weighted by Crippen LogP contribution is -2.50. The molecule has 1 heterocycles. The highest BCUT2D eigenvalue weighted by Crippen LogP contribution is 2.32. The molecule has 0 aromatic carbocycles. The van der Waals surface area contributed by atoms with E-state index in [1.54, 1.807) is 4.90 Å². The van der Waals surface area contributed by atoms with E-state index in [1.807, 2.05) is 41.5 Å². The van der Waals surface area contributed by atoms with E-state index in [4.69, 9.17) is 14.6 Å². The van der Waals surface area contributed by atoms with Gasteiger partial charge in [-0.25, -0.2) is 4.79 Å². The third-order valence-electron chi connectivity index (χ3n) is 3.15. The lowest BCUT2D eigenvalue weighted by molar-refractivity contribution is -0.0632. The largest absolute Gasteiger partial charge is 0.444 e. The van der Waals surface area contributed by atoms with Gasteiger partial charge in [0.2, 0.25) is 0 Å². The summed E-state index contributed by atoms with van der Waals surface area (Å²) in [6.07, 6.45) is 0.351. The van der Waals surface area contributed by atoms with Crippen molar-refractivity contribution in [3.8, 4) is 0 Å². The Labute approximate surface area is 115 Å². The van der Waals surface area contributed by atoms with Gasteiger partial charge < -0.3 is 14.6 Å². The minimum Gasteiger partial charge on any atom is -0.444 e. The Morgan fingerprint density at radius 2 is 2.11 bits per heavy atom. The molecule has 0 aromatic rings. The number of hydrogen-bond acceptors (Lipinski definition) is 4. The SMILES string of the molecule is C[C@@H](CO)C[C@H]1COC(C)(C)N1C(=O)OC(C)(C)C. The first kappa shape index (κ1) is 16.2. The fraction of sp³-hybridized carbons (Fsp3) is 0.929. The Morgan fingerprint density at radius 3 is 2.58 bits per heavy atom. The third-order valence-corrected chi connectivity index (χ3v) is 3.15. The summed E-state index contributed by atoms with van der Waals surface area (Å²) in [4.78, 5) is 14.0. The van der Waals surface area contributed by atoms with Crippen LogP contribution in [0.1, 0.15) is 48.0 Å². The molecule has 5 heteroatoms. The van der Waals surface area contributed by atoms with Crippen LogP contribution >= 0.6 is 0 Å². The summed E-state index contributed by atoms with van der Waals surface area (Å²) in [6, 6.07) is -0.0491. The molecule has 0 saturated carbocycles. The molecule has 1 aliphatic rings. The first-order valence-electron chi connectivity index (χ1n) is 6.84. The van der Waals surface area contributed by atoms with Gasteiger partial charge in [0.05, 0.1) is 12.6 Å². The topological polar surface area (TPSA) is 59.0 Å². The molecule has 1 rings (SSSR count). The molecule has 1 saturated heterocycles. The van der Waals surface area contributed by atoms with Crippen LogP contribution in [0.5, 0.6) is 0 Å². The van der Waals surface area contributed by atoms with E-state index in [9.17, 15) is 4.79 Å². The van der Waals surface area contributed by atoms with E-state index < -0.39 is 11.3 Å². The number of ether oxygens (including phenoxy) is 2. The number of aliphatic hydroxyl groups is 1. The summed E-state index contributed by atoms with van der Waals surface area (Å²) in [7, 11) is 0. The molecular weight excluding hydrogens is 246 g/mol. The second kappa shape index (κ2) is 5.67. The molecular formula is C14H27NO4. The number of hydrogen-bond donors (Lipinski definition) is 1. The van der Waals surface area contributed by atoms with Crippen LogP contribution in [0.25, 0.3) is 0 Å². The number of rotatable bonds is 3. The maximum Gasteiger partial charge on any atom is 0.412 e. The van der Waals surface area contributed by atoms with Gasteiger partial charge in [0.1, 0.15) is 11.3 Å². The van der Waals surface area contributed by atoms with Crippen LogP contribution in [0.4, 0.5) is 4.79 Å². The van der Waals surface area contributed by atoms with E-state index in [0.29, 0.717) is 13.0 Å². The van der Waals surface area contributed by atoms with E-state index in [0.717, 1.165) is 0 Å². The van der Waals surface area contributed by atoms with Gasteiger partial charge in [0.15, 0.2) is 0 Å². The van der Waals surface area contributed by atoms with Gasteiger partial charge in [0, 0.05) is 6.61 Å².